The van der Waals surface area contributed by atoms with Crippen molar-refractivity contribution in [3.05, 3.63) is 461 Å². The average molecular weight is 1550 g/mol. The molecule has 568 valence electrons. The smallest absolute Gasteiger partial charge is 0.164 e. The number of nitrogens with zero attached hydrogens (tertiary/aromatic N) is 6. The molecule has 0 aliphatic rings. The lowest BCUT2D eigenvalue weighted by atomic mass is 9.95. The summed E-state index contributed by atoms with van der Waals surface area (Å²) >= 11 is 0. The van der Waals surface area contributed by atoms with Gasteiger partial charge in [0, 0.05) is 44.5 Å². The summed E-state index contributed by atoms with van der Waals surface area (Å²) in [5.41, 5.74) is 30.3. The maximum atomic E-state index is 7.20. The zero-order valence-electron chi connectivity index (χ0n) is 66.0. The Balaban J connectivity index is 0.640. The minimum atomic E-state index is 0.550. The molecule has 0 saturated carbocycles. The third-order valence-corrected chi connectivity index (χ3v) is 22.1. The maximum absolute atomic E-state index is 7.20. The van der Waals surface area contributed by atoms with E-state index >= 15 is 0 Å². The molecule has 0 saturated heterocycles. The highest BCUT2D eigenvalue weighted by Crippen LogP contribution is 2.44. The Morgan fingerprint density at radius 2 is 0.256 bits per heavy atom. The van der Waals surface area contributed by atoms with Crippen LogP contribution in [0.4, 0.5) is 0 Å². The van der Waals surface area contributed by atoms with Gasteiger partial charge in [0.15, 0.2) is 34.9 Å². The number of aromatic nitrogens is 6. The molecule has 20 rings (SSSR count). The molecule has 20 aromatic rings. The van der Waals surface area contributed by atoms with Gasteiger partial charge < -0.3 is 4.74 Å². The Hall–Kier alpha value is -16.2. The molecule has 0 fully saturated rings. The van der Waals surface area contributed by atoms with Gasteiger partial charge in [0.2, 0.25) is 0 Å². The standard InChI is InChI=1S/C114H76N6O/c1-9-33-77(34-10-1)93-65-94(78-35-11-2-12-36-78)70-101(69-93)111-115-109(116-112(119-111)102-71-95(79-37-13-3-14-38-79)66-96(72-102)80-39-15-4-16-40-80)91-55-31-51-87(63-91)85-49-29-53-89(61-85)105-57-25-27-59-107(105)121-108-60-28-26-58-106(108)90-54-30-50-86(62-90)88-52-32-56-92(64-88)110-117-113(103-73-97(81-41-17-5-18-42-81)67-98(74-103)82-43-19-6-20-44-82)120-114(118-110)104-75-99(83-45-21-7-22-46-83)68-100(76-104)84-47-23-8-24-48-84/h1-76H. The summed E-state index contributed by atoms with van der Waals surface area (Å²) in [6, 6.07) is 162. The molecule has 0 spiro atoms. The average Bonchev–Trinajstić information content (AvgIpc) is 0.778. The van der Waals surface area contributed by atoms with Crippen LogP contribution >= 0.6 is 0 Å². The third kappa shape index (κ3) is 16.2. The highest BCUT2D eigenvalue weighted by molar-refractivity contribution is 5.88. The predicted octanol–water partition coefficient (Wildman–Crippen LogP) is 29.9. The van der Waals surface area contributed by atoms with Crippen LogP contribution in [0.1, 0.15) is 0 Å². The van der Waals surface area contributed by atoms with E-state index in [1.54, 1.807) is 0 Å². The summed E-state index contributed by atoms with van der Waals surface area (Å²) in [7, 11) is 0. The summed E-state index contributed by atoms with van der Waals surface area (Å²) < 4.78 is 7.20. The molecule has 121 heavy (non-hydrogen) atoms. The van der Waals surface area contributed by atoms with Crippen molar-refractivity contribution in [1.29, 1.82) is 0 Å². The number of hydrogen-bond donors (Lipinski definition) is 0. The minimum Gasteiger partial charge on any atom is -0.456 e. The van der Waals surface area contributed by atoms with E-state index in [2.05, 4.69) is 449 Å². The monoisotopic (exact) mass is 1540 g/mol. The molecular formula is C114H76N6O. The summed E-state index contributed by atoms with van der Waals surface area (Å²) in [5.74, 6) is 4.78. The number of para-hydroxylation sites is 2. The van der Waals surface area contributed by atoms with Crippen LogP contribution < -0.4 is 4.74 Å². The molecule has 0 radical (unpaired) electrons. The first-order chi connectivity index (χ1) is 59.9. The second kappa shape index (κ2) is 33.5. The van der Waals surface area contributed by atoms with E-state index < -0.39 is 0 Å². The van der Waals surface area contributed by atoms with E-state index in [1.807, 2.05) is 12.1 Å². The van der Waals surface area contributed by atoms with Crippen molar-refractivity contribution >= 4 is 0 Å². The van der Waals surface area contributed by atoms with Gasteiger partial charge >= 0.3 is 0 Å². The van der Waals surface area contributed by atoms with Gasteiger partial charge in [-0.15, -0.1) is 0 Å². The van der Waals surface area contributed by atoms with Crippen molar-refractivity contribution in [1.82, 2.24) is 29.9 Å². The van der Waals surface area contributed by atoms with Crippen LogP contribution in [-0.4, -0.2) is 29.9 Å². The second-order valence-electron chi connectivity index (χ2n) is 30.2. The SMILES string of the molecule is c1ccc(-c2cc(-c3ccccc3)cc(-c3nc(-c4cccc(-c5cccc(-c6ccccc6Oc6ccccc6-c6cccc(-c7cccc(-c8nc(-c9cc(-c%10ccccc%10)cc(-c%10ccccc%10)c9)nc(-c9cc(-c%10ccccc%10)cc(-c%10ccccc%10)c9)n8)c7)c6)c5)c4)nc(-c4cc(-c5ccccc5)cc(-c5ccccc5)c4)n3)c2)cc1. The predicted molar refractivity (Wildman–Crippen MR) is 498 cm³/mol. The summed E-state index contributed by atoms with van der Waals surface area (Å²) in [4.78, 5) is 32.8. The molecule has 0 bridgehead atoms. The lowest BCUT2D eigenvalue weighted by Gasteiger charge is -2.16. The Morgan fingerprint density at radius 3 is 0.479 bits per heavy atom. The summed E-state index contributed by atoms with van der Waals surface area (Å²) in [6.07, 6.45) is 0. The van der Waals surface area contributed by atoms with Crippen LogP contribution in [0.2, 0.25) is 0 Å². The van der Waals surface area contributed by atoms with Crippen LogP contribution in [0.3, 0.4) is 0 Å². The molecule has 0 unspecified atom stereocenters. The number of rotatable bonds is 20. The Labute approximate surface area is 704 Å². The molecule has 0 N–H and O–H groups in total. The van der Waals surface area contributed by atoms with Crippen LogP contribution in [0.25, 0.3) is 202 Å². The van der Waals surface area contributed by atoms with E-state index in [0.29, 0.717) is 34.9 Å². The van der Waals surface area contributed by atoms with Gasteiger partial charge in [-0.25, -0.2) is 29.9 Å². The van der Waals surface area contributed by atoms with E-state index in [0.717, 1.165) is 178 Å². The Kier molecular flexibility index (Phi) is 20.4. The third-order valence-electron chi connectivity index (χ3n) is 22.1. The first-order valence-electron chi connectivity index (χ1n) is 40.7. The fraction of sp³-hybridized carbons (Fsp3) is 0. The topological polar surface area (TPSA) is 86.6 Å². The highest BCUT2D eigenvalue weighted by Gasteiger charge is 2.22. The van der Waals surface area contributed by atoms with Crippen LogP contribution in [0.15, 0.2) is 461 Å². The lowest BCUT2D eigenvalue weighted by Crippen LogP contribution is -2.01. The number of ether oxygens (including phenoxy) is 1. The van der Waals surface area contributed by atoms with Gasteiger partial charge in [0.25, 0.3) is 0 Å². The zero-order chi connectivity index (χ0) is 80.6. The van der Waals surface area contributed by atoms with Gasteiger partial charge in [-0.3, -0.25) is 0 Å². The summed E-state index contributed by atoms with van der Waals surface area (Å²) in [5, 5.41) is 0. The van der Waals surface area contributed by atoms with Gasteiger partial charge in [-0.05, 0) is 232 Å². The van der Waals surface area contributed by atoms with E-state index in [9.17, 15) is 0 Å². The second-order valence-corrected chi connectivity index (χ2v) is 30.2. The molecule has 18 aromatic carbocycles. The first kappa shape index (κ1) is 73.7. The van der Waals surface area contributed by atoms with Crippen molar-refractivity contribution in [3.8, 4) is 213 Å². The molecule has 0 amide bonds. The van der Waals surface area contributed by atoms with Crippen molar-refractivity contribution in [2.24, 2.45) is 0 Å². The Morgan fingerprint density at radius 1 is 0.107 bits per heavy atom. The fourth-order valence-electron chi connectivity index (χ4n) is 16.0. The lowest BCUT2D eigenvalue weighted by molar-refractivity contribution is 0.486. The molecule has 0 aliphatic heterocycles. The molecule has 7 nitrogen and oxygen atoms in total. The van der Waals surface area contributed by atoms with Gasteiger partial charge in [0.05, 0.1) is 0 Å². The quantitative estimate of drug-likeness (QED) is 0.0751. The zero-order valence-corrected chi connectivity index (χ0v) is 66.0. The van der Waals surface area contributed by atoms with Crippen molar-refractivity contribution in [2.75, 3.05) is 0 Å². The summed E-state index contributed by atoms with van der Waals surface area (Å²) in [6.45, 7) is 0. The molecule has 0 atom stereocenters. The number of hydrogen-bond acceptors (Lipinski definition) is 7. The van der Waals surface area contributed by atoms with Crippen LogP contribution in [-0.2, 0) is 0 Å². The Bertz CT molecular complexity index is 6180. The normalized spacial score (nSPS) is 11.1. The van der Waals surface area contributed by atoms with E-state index in [-0.39, 0.29) is 0 Å². The van der Waals surface area contributed by atoms with Gasteiger partial charge in [0.1, 0.15) is 11.5 Å². The van der Waals surface area contributed by atoms with Crippen LogP contribution in [0.5, 0.6) is 11.5 Å². The van der Waals surface area contributed by atoms with E-state index in [4.69, 9.17) is 34.6 Å². The van der Waals surface area contributed by atoms with Crippen molar-refractivity contribution in [3.63, 3.8) is 0 Å². The molecule has 2 heterocycles. The van der Waals surface area contributed by atoms with Crippen molar-refractivity contribution in [2.45, 2.75) is 0 Å². The van der Waals surface area contributed by atoms with Crippen molar-refractivity contribution < 1.29 is 4.74 Å². The molecule has 2 aromatic heterocycles. The molecule has 7 heteroatoms. The minimum absolute atomic E-state index is 0.550. The fourth-order valence-corrected chi connectivity index (χ4v) is 16.0. The highest BCUT2D eigenvalue weighted by atomic mass is 16.5. The van der Waals surface area contributed by atoms with Gasteiger partial charge in [-0.2, -0.15) is 0 Å². The molecule has 0 aliphatic carbocycles. The van der Waals surface area contributed by atoms with Gasteiger partial charge in [-0.1, -0.05) is 352 Å². The van der Waals surface area contributed by atoms with Crippen LogP contribution in [0, 0.1) is 0 Å². The maximum Gasteiger partial charge on any atom is 0.164 e. The number of benzene rings is 18. The van der Waals surface area contributed by atoms with E-state index in [1.165, 1.54) is 0 Å². The largest absolute Gasteiger partial charge is 0.456 e. The molecular weight excluding hydrogens is 1470 g/mol. The first-order valence-corrected chi connectivity index (χ1v) is 40.7.